The molecule has 0 saturated heterocycles. The van der Waals surface area contributed by atoms with Crippen LogP contribution in [0.5, 0.6) is 0 Å². The van der Waals surface area contributed by atoms with E-state index in [2.05, 4.69) is 11.5 Å². The predicted octanol–water partition coefficient (Wildman–Crippen LogP) is 4.08. The third-order valence-corrected chi connectivity index (χ3v) is 4.57. The van der Waals surface area contributed by atoms with Crippen LogP contribution in [0.15, 0.2) is 18.2 Å². The molecule has 0 amide bonds. The molecule has 0 spiro atoms. The van der Waals surface area contributed by atoms with Crippen LogP contribution in [-0.2, 0) is 6.54 Å². The van der Waals surface area contributed by atoms with Gasteiger partial charge in [0.2, 0.25) is 0 Å². The average molecular weight is 292 g/mol. The predicted molar refractivity (Wildman–Crippen MR) is 84.2 cm³/mol. The number of fused-ring (bicyclic) bond motifs is 1. The highest BCUT2D eigenvalue weighted by molar-refractivity contribution is 6.31. The van der Waals surface area contributed by atoms with Gasteiger partial charge in [-0.3, -0.25) is 0 Å². The highest BCUT2D eigenvalue weighted by Crippen LogP contribution is 2.34. The molecule has 3 rings (SSSR count). The molecule has 20 heavy (non-hydrogen) atoms. The number of hydrogen-bond donors (Lipinski definition) is 1. The monoisotopic (exact) mass is 291 g/mol. The number of aryl methyl sites for hydroxylation is 1. The molecule has 2 N–H and O–H groups in total. The Morgan fingerprint density at radius 2 is 2.15 bits per heavy atom. The lowest BCUT2D eigenvalue weighted by molar-refractivity contribution is 0.364. The van der Waals surface area contributed by atoms with Crippen LogP contribution in [0.3, 0.4) is 0 Å². The summed E-state index contributed by atoms with van der Waals surface area (Å²) < 4.78 is 2.33. The van der Waals surface area contributed by atoms with Gasteiger partial charge in [-0.05, 0) is 37.5 Å². The molecular weight excluding hydrogens is 270 g/mol. The molecular formula is C16H22ClN3. The van der Waals surface area contributed by atoms with Crippen LogP contribution in [-0.4, -0.2) is 15.6 Å². The van der Waals surface area contributed by atoms with Crippen LogP contribution in [0.4, 0.5) is 0 Å². The minimum atomic E-state index is 0.242. The number of nitrogens with two attached hydrogens (primary N) is 1. The molecule has 108 valence electrons. The first-order valence-corrected chi connectivity index (χ1v) is 7.99. The Balaban J connectivity index is 2.10. The number of nitrogens with zero attached hydrogens (tertiary/aromatic N) is 2. The minimum absolute atomic E-state index is 0.242. The lowest BCUT2D eigenvalue weighted by Gasteiger charge is -2.28. The van der Waals surface area contributed by atoms with Crippen LogP contribution < -0.4 is 5.73 Å². The molecule has 1 heterocycles. The van der Waals surface area contributed by atoms with Crippen molar-refractivity contribution in [3.63, 3.8) is 0 Å². The van der Waals surface area contributed by atoms with Crippen molar-refractivity contribution in [3.05, 3.63) is 29.0 Å². The largest absolute Gasteiger partial charge is 0.328 e. The molecule has 1 fully saturated rings. The summed E-state index contributed by atoms with van der Waals surface area (Å²) >= 11 is 6.15. The van der Waals surface area contributed by atoms with E-state index in [1.807, 2.05) is 18.2 Å². The van der Waals surface area contributed by atoms with E-state index in [1.165, 1.54) is 12.8 Å². The van der Waals surface area contributed by atoms with E-state index >= 15 is 0 Å². The molecule has 3 nitrogen and oxygen atoms in total. The van der Waals surface area contributed by atoms with Gasteiger partial charge in [0, 0.05) is 23.5 Å². The van der Waals surface area contributed by atoms with Crippen LogP contribution >= 0.6 is 11.6 Å². The normalized spacial score (nSPS) is 23.4. The van der Waals surface area contributed by atoms with Crippen LogP contribution in [0, 0.1) is 0 Å². The van der Waals surface area contributed by atoms with E-state index in [-0.39, 0.29) is 6.04 Å². The minimum Gasteiger partial charge on any atom is -0.328 e. The van der Waals surface area contributed by atoms with E-state index in [0.29, 0.717) is 5.92 Å². The van der Waals surface area contributed by atoms with Crippen molar-refractivity contribution in [2.75, 3.05) is 0 Å². The number of imidazole rings is 1. The van der Waals surface area contributed by atoms with Crippen LogP contribution in [0.2, 0.25) is 5.02 Å². The zero-order valence-corrected chi connectivity index (χ0v) is 12.7. The summed E-state index contributed by atoms with van der Waals surface area (Å²) in [4.78, 5) is 4.87. The molecule has 2 atom stereocenters. The van der Waals surface area contributed by atoms with Gasteiger partial charge in [0.1, 0.15) is 5.82 Å². The molecule has 2 aromatic rings. The summed E-state index contributed by atoms with van der Waals surface area (Å²) in [5.74, 6) is 1.55. The smallest absolute Gasteiger partial charge is 0.114 e. The van der Waals surface area contributed by atoms with Crippen molar-refractivity contribution >= 4 is 22.6 Å². The summed E-state index contributed by atoms with van der Waals surface area (Å²) in [7, 11) is 0. The Morgan fingerprint density at radius 1 is 1.35 bits per heavy atom. The fourth-order valence-corrected chi connectivity index (χ4v) is 3.50. The lowest BCUT2D eigenvalue weighted by atomic mass is 9.84. The van der Waals surface area contributed by atoms with Gasteiger partial charge in [0.05, 0.1) is 11.0 Å². The third-order valence-electron chi connectivity index (χ3n) is 4.34. The van der Waals surface area contributed by atoms with Crippen molar-refractivity contribution < 1.29 is 0 Å². The summed E-state index contributed by atoms with van der Waals surface area (Å²) in [6.45, 7) is 3.18. The molecule has 0 bridgehead atoms. The topological polar surface area (TPSA) is 43.8 Å². The molecule has 2 unspecified atom stereocenters. The van der Waals surface area contributed by atoms with Gasteiger partial charge in [-0.2, -0.15) is 0 Å². The maximum Gasteiger partial charge on any atom is 0.114 e. The van der Waals surface area contributed by atoms with Crippen molar-refractivity contribution in [1.29, 1.82) is 0 Å². The molecule has 0 aliphatic heterocycles. The van der Waals surface area contributed by atoms with Gasteiger partial charge < -0.3 is 10.3 Å². The second kappa shape index (κ2) is 5.74. The van der Waals surface area contributed by atoms with E-state index in [1.54, 1.807) is 0 Å². The number of hydrogen-bond acceptors (Lipinski definition) is 2. The lowest BCUT2D eigenvalue weighted by Crippen LogP contribution is -2.33. The van der Waals surface area contributed by atoms with Crippen molar-refractivity contribution in [1.82, 2.24) is 9.55 Å². The second-order valence-electron chi connectivity index (χ2n) is 5.81. The Bertz CT molecular complexity index is 605. The first-order chi connectivity index (χ1) is 9.70. The fraction of sp³-hybridized carbons (Fsp3) is 0.562. The Labute approximate surface area is 125 Å². The molecule has 1 saturated carbocycles. The summed E-state index contributed by atoms with van der Waals surface area (Å²) in [5, 5.41) is 0.772. The van der Waals surface area contributed by atoms with Gasteiger partial charge in [-0.15, -0.1) is 0 Å². The van der Waals surface area contributed by atoms with E-state index < -0.39 is 0 Å². The van der Waals surface area contributed by atoms with Crippen molar-refractivity contribution in [2.24, 2.45) is 5.73 Å². The Kier molecular flexibility index (Phi) is 3.99. The van der Waals surface area contributed by atoms with Crippen LogP contribution in [0.1, 0.15) is 50.8 Å². The summed E-state index contributed by atoms with van der Waals surface area (Å²) in [5.41, 5.74) is 8.53. The number of halogens is 1. The molecule has 1 aliphatic rings. The summed E-state index contributed by atoms with van der Waals surface area (Å²) in [6, 6.07) is 6.20. The second-order valence-corrected chi connectivity index (χ2v) is 6.25. The van der Waals surface area contributed by atoms with Crippen molar-refractivity contribution in [3.8, 4) is 0 Å². The van der Waals surface area contributed by atoms with Gasteiger partial charge in [-0.1, -0.05) is 31.4 Å². The third kappa shape index (κ3) is 2.45. The van der Waals surface area contributed by atoms with Gasteiger partial charge in [0.15, 0.2) is 0 Å². The Morgan fingerprint density at radius 3 is 2.90 bits per heavy atom. The highest BCUT2D eigenvalue weighted by atomic mass is 35.5. The molecule has 1 aromatic heterocycles. The number of aromatic nitrogens is 2. The zero-order valence-electron chi connectivity index (χ0n) is 12.0. The van der Waals surface area contributed by atoms with E-state index in [9.17, 15) is 0 Å². The first kappa shape index (κ1) is 13.9. The maximum atomic E-state index is 6.35. The van der Waals surface area contributed by atoms with Crippen molar-refractivity contribution in [2.45, 2.75) is 57.5 Å². The average Bonchev–Trinajstić information content (AvgIpc) is 2.78. The SMILES string of the molecule is CCCn1c(C2CCCCC2N)nc2ccc(Cl)cc21. The van der Waals surface area contributed by atoms with E-state index in [0.717, 1.165) is 47.7 Å². The van der Waals surface area contributed by atoms with Gasteiger partial charge in [0.25, 0.3) is 0 Å². The molecule has 4 heteroatoms. The van der Waals surface area contributed by atoms with Gasteiger partial charge in [-0.25, -0.2) is 4.98 Å². The first-order valence-electron chi connectivity index (χ1n) is 7.62. The standard InChI is InChI=1S/C16H22ClN3/c1-2-9-20-15-10-11(17)7-8-14(15)19-16(20)12-5-3-4-6-13(12)18/h7-8,10,12-13H,2-6,9,18H2,1H3. The van der Waals surface area contributed by atoms with Gasteiger partial charge >= 0.3 is 0 Å². The maximum absolute atomic E-state index is 6.35. The van der Waals surface area contributed by atoms with Crippen LogP contribution in [0.25, 0.3) is 11.0 Å². The number of benzene rings is 1. The quantitative estimate of drug-likeness (QED) is 0.926. The zero-order chi connectivity index (χ0) is 14.1. The highest BCUT2D eigenvalue weighted by Gasteiger charge is 2.28. The number of rotatable bonds is 3. The Hall–Kier alpha value is -1.06. The van der Waals surface area contributed by atoms with E-state index in [4.69, 9.17) is 22.3 Å². The fourth-order valence-electron chi connectivity index (χ4n) is 3.34. The molecule has 1 aromatic carbocycles. The molecule has 0 radical (unpaired) electrons. The summed E-state index contributed by atoms with van der Waals surface area (Å²) in [6.07, 6.45) is 5.86. The molecule has 1 aliphatic carbocycles.